The van der Waals surface area contributed by atoms with Crippen molar-refractivity contribution in [2.45, 2.75) is 12.8 Å². The number of benzene rings is 1. The molecular weight excluding hydrogens is 188 g/mol. The molecule has 0 aliphatic carbocycles. The highest BCUT2D eigenvalue weighted by atomic mass is 16.3. The van der Waals surface area contributed by atoms with Crippen molar-refractivity contribution in [1.29, 1.82) is 0 Å². The zero-order valence-electron chi connectivity index (χ0n) is 8.93. The Balaban J connectivity index is 2.13. The van der Waals surface area contributed by atoms with Crippen LogP contribution >= 0.6 is 0 Å². The van der Waals surface area contributed by atoms with Gasteiger partial charge in [0, 0.05) is 24.8 Å². The first-order chi connectivity index (χ1) is 7.31. The SMILES string of the molecule is CC(CO)c1ccc(N2C=NCC2)cc1. The summed E-state index contributed by atoms with van der Waals surface area (Å²) in [5, 5.41) is 9.04. The molecule has 2 rings (SSSR count). The minimum Gasteiger partial charge on any atom is -0.396 e. The van der Waals surface area contributed by atoms with Crippen molar-refractivity contribution in [3.8, 4) is 0 Å². The largest absolute Gasteiger partial charge is 0.396 e. The number of nitrogens with zero attached hydrogens (tertiary/aromatic N) is 2. The number of aliphatic hydroxyl groups excluding tert-OH is 1. The van der Waals surface area contributed by atoms with Crippen molar-refractivity contribution >= 4 is 12.0 Å². The van der Waals surface area contributed by atoms with E-state index in [9.17, 15) is 0 Å². The summed E-state index contributed by atoms with van der Waals surface area (Å²) in [6.07, 6.45) is 1.88. The Morgan fingerprint density at radius 3 is 2.67 bits per heavy atom. The lowest BCUT2D eigenvalue weighted by Crippen LogP contribution is -2.17. The smallest absolute Gasteiger partial charge is 0.0895 e. The van der Waals surface area contributed by atoms with E-state index in [1.807, 2.05) is 13.3 Å². The molecular formula is C12H16N2O. The minimum absolute atomic E-state index is 0.199. The first-order valence-corrected chi connectivity index (χ1v) is 5.28. The quantitative estimate of drug-likeness (QED) is 0.812. The molecule has 0 saturated heterocycles. The van der Waals surface area contributed by atoms with Gasteiger partial charge in [-0.05, 0) is 17.7 Å². The molecule has 0 spiro atoms. The molecule has 0 saturated carbocycles. The molecule has 1 aromatic rings. The maximum absolute atomic E-state index is 9.04. The zero-order chi connectivity index (χ0) is 10.7. The van der Waals surface area contributed by atoms with Gasteiger partial charge < -0.3 is 10.0 Å². The molecule has 15 heavy (non-hydrogen) atoms. The van der Waals surface area contributed by atoms with E-state index in [1.165, 1.54) is 11.3 Å². The number of aliphatic hydroxyl groups is 1. The van der Waals surface area contributed by atoms with Crippen molar-refractivity contribution in [2.24, 2.45) is 4.99 Å². The highest BCUT2D eigenvalue weighted by Gasteiger charge is 2.09. The number of hydrogen-bond acceptors (Lipinski definition) is 3. The summed E-state index contributed by atoms with van der Waals surface area (Å²) in [5.74, 6) is 0.214. The number of aliphatic imine (C=N–C) groups is 1. The predicted molar refractivity (Wildman–Crippen MR) is 62.6 cm³/mol. The summed E-state index contributed by atoms with van der Waals surface area (Å²) in [5.41, 5.74) is 2.35. The fourth-order valence-electron chi connectivity index (χ4n) is 1.68. The maximum atomic E-state index is 9.04. The molecule has 3 nitrogen and oxygen atoms in total. The van der Waals surface area contributed by atoms with Crippen LogP contribution in [-0.2, 0) is 0 Å². The van der Waals surface area contributed by atoms with Crippen molar-refractivity contribution in [2.75, 3.05) is 24.6 Å². The second-order valence-corrected chi connectivity index (χ2v) is 3.89. The van der Waals surface area contributed by atoms with E-state index in [4.69, 9.17) is 5.11 Å². The topological polar surface area (TPSA) is 35.8 Å². The van der Waals surface area contributed by atoms with Crippen LogP contribution in [0.4, 0.5) is 5.69 Å². The fraction of sp³-hybridized carbons (Fsp3) is 0.417. The summed E-state index contributed by atoms with van der Waals surface area (Å²) in [7, 11) is 0. The molecule has 0 aromatic heterocycles. The van der Waals surface area contributed by atoms with E-state index in [1.54, 1.807) is 0 Å². The minimum atomic E-state index is 0.199. The van der Waals surface area contributed by atoms with Crippen LogP contribution in [0.3, 0.4) is 0 Å². The monoisotopic (exact) mass is 204 g/mol. The summed E-state index contributed by atoms with van der Waals surface area (Å²) in [6, 6.07) is 8.31. The summed E-state index contributed by atoms with van der Waals surface area (Å²) < 4.78 is 0. The third-order valence-corrected chi connectivity index (χ3v) is 2.76. The van der Waals surface area contributed by atoms with Crippen LogP contribution < -0.4 is 4.90 Å². The van der Waals surface area contributed by atoms with Crippen molar-refractivity contribution in [3.63, 3.8) is 0 Å². The molecule has 1 atom stereocenters. The molecule has 80 valence electrons. The average Bonchev–Trinajstić information content (AvgIpc) is 2.82. The molecule has 1 aliphatic heterocycles. The van der Waals surface area contributed by atoms with Gasteiger partial charge in [-0.3, -0.25) is 4.99 Å². The summed E-state index contributed by atoms with van der Waals surface area (Å²) in [4.78, 5) is 6.31. The number of rotatable bonds is 3. The molecule has 0 radical (unpaired) electrons. The Labute approximate surface area is 90.1 Å². The lowest BCUT2D eigenvalue weighted by atomic mass is 10.0. The van der Waals surface area contributed by atoms with E-state index < -0.39 is 0 Å². The Morgan fingerprint density at radius 2 is 2.13 bits per heavy atom. The van der Waals surface area contributed by atoms with Gasteiger partial charge in [0.2, 0.25) is 0 Å². The van der Waals surface area contributed by atoms with E-state index >= 15 is 0 Å². The Hall–Kier alpha value is -1.35. The molecule has 1 aromatic carbocycles. The van der Waals surface area contributed by atoms with Crippen LogP contribution in [-0.4, -0.2) is 31.1 Å². The Bertz CT molecular complexity index is 345. The molecule has 1 heterocycles. The molecule has 1 unspecified atom stereocenters. The van der Waals surface area contributed by atoms with Gasteiger partial charge in [-0.15, -0.1) is 0 Å². The van der Waals surface area contributed by atoms with Gasteiger partial charge >= 0.3 is 0 Å². The van der Waals surface area contributed by atoms with E-state index in [-0.39, 0.29) is 12.5 Å². The molecule has 3 heteroatoms. The van der Waals surface area contributed by atoms with Crippen LogP contribution in [0, 0.1) is 0 Å². The van der Waals surface area contributed by atoms with Crippen molar-refractivity contribution in [1.82, 2.24) is 0 Å². The summed E-state index contributed by atoms with van der Waals surface area (Å²) >= 11 is 0. The van der Waals surface area contributed by atoms with Gasteiger partial charge in [0.05, 0.1) is 12.9 Å². The maximum Gasteiger partial charge on any atom is 0.0895 e. The second kappa shape index (κ2) is 4.45. The standard InChI is InChI=1S/C12H16N2O/c1-10(8-15)11-2-4-12(5-3-11)14-7-6-13-9-14/h2-5,9-10,15H,6-8H2,1H3. The number of hydrogen-bond donors (Lipinski definition) is 1. The first kappa shape index (κ1) is 10.2. The van der Waals surface area contributed by atoms with Gasteiger partial charge in [0.1, 0.15) is 0 Å². The first-order valence-electron chi connectivity index (χ1n) is 5.28. The molecule has 0 amide bonds. The van der Waals surface area contributed by atoms with E-state index in [0.29, 0.717) is 0 Å². The lowest BCUT2D eigenvalue weighted by molar-refractivity contribution is 0.273. The van der Waals surface area contributed by atoms with Crippen LogP contribution in [0.5, 0.6) is 0 Å². The fourth-order valence-corrected chi connectivity index (χ4v) is 1.68. The second-order valence-electron chi connectivity index (χ2n) is 3.89. The molecule has 0 bridgehead atoms. The lowest BCUT2D eigenvalue weighted by Gasteiger charge is -2.15. The van der Waals surface area contributed by atoms with Crippen LogP contribution in [0.2, 0.25) is 0 Å². The van der Waals surface area contributed by atoms with Crippen molar-refractivity contribution < 1.29 is 5.11 Å². The third-order valence-electron chi connectivity index (χ3n) is 2.76. The molecule has 1 aliphatic rings. The van der Waals surface area contributed by atoms with Gasteiger partial charge in [-0.25, -0.2) is 0 Å². The Morgan fingerprint density at radius 1 is 1.40 bits per heavy atom. The van der Waals surface area contributed by atoms with Crippen LogP contribution in [0.15, 0.2) is 29.3 Å². The van der Waals surface area contributed by atoms with Crippen LogP contribution in [0.1, 0.15) is 18.4 Å². The highest BCUT2D eigenvalue weighted by Crippen LogP contribution is 2.20. The molecule has 1 N–H and O–H groups in total. The number of anilines is 1. The third kappa shape index (κ3) is 2.18. The van der Waals surface area contributed by atoms with Crippen LogP contribution in [0.25, 0.3) is 0 Å². The summed E-state index contributed by atoms with van der Waals surface area (Å²) in [6.45, 7) is 4.07. The van der Waals surface area contributed by atoms with Gasteiger partial charge in [0.15, 0.2) is 0 Å². The van der Waals surface area contributed by atoms with Gasteiger partial charge in [0.25, 0.3) is 0 Å². The van der Waals surface area contributed by atoms with Crippen molar-refractivity contribution in [3.05, 3.63) is 29.8 Å². The van der Waals surface area contributed by atoms with Gasteiger partial charge in [-0.2, -0.15) is 0 Å². The highest BCUT2D eigenvalue weighted by molar-refractivity contribution is 5.80. The predicted octanol–water partition coefficient (Wildman–Crippen LogP) is 1.63. The average molecular weight is 204 g/mol. The normalized spacial score (nSPS) is 17.1. The van der Waals surface area contributed by atoms with Gasteiger partial charge in [-0.1, -0.05) is 19.1 Å². The Kier molecular flexibility index (Phi) is 3.02. The van der Waals surface area contributed by atoms with E-state index in [0.717, 1.165) is 13.1 Å². The molecule has 0 fully saturated rings. The zero-order valence-corrected chi connectivity index (χ0v) is 8.93. The van der Waals surface area contributed by atoms with E-state index in [2.05, 4.69) is 34.2 Å².